The Kier molecular flexibility index (Phi) is 5.79. The summed E-state index contributed by atoms with van der Waals surface area (Å²) in [5.41, 5.74) is 12.1. The van der Waals surface area contributed by atoms with Gasteiger partial charge < -0.3 is 22.2 Å². The van der Waals surface area contributed by atoms with Crippen molar-refractivity contribution in [3.05, 3.63) is 161 Å². The van der Waals surface area contributed by atoms with Gasteiger partial charge in [-0.3, -0.25) is 0 Å². The molecule has 0 fully saturated rings. The van der Waals surface area contributed by atoms with Gasteiger partial charge in [-0.15, -0.1) is 0 Å². The second-order valence-corrected chi connectivity index (χ2v) is 14.1. The summed E-state index contributed by atoms with van der Waals surface area (Å²) in [6.45, 7) is 6.69. The van der Waals surface area contributed by atoms with E-state index in [4.69, 9.17) is 17.7 Å². The van der Waals surface area contributed by atoms with Gasteiger partial charge in [0.1, 0.15) is 44.7 Å². The molecule has 0 atom stereocenters. The van der Waals surface area contributed by atoms with E-state index in [1.807, 2.05) is 54.6 Å². The summed E-state index contributed by atoms with van der Waals surface area (Å²) in [6, 6.07) is 48.2. The Morgan fingerprint density at radius 2 is 1.17 bits per heavy atom. The van der Waals surface area contributed by atoms with Crippen LogP contribution in [0.25, 0.3) is 117 Å². The molecule has 5 nitrogen and oxygen atoms in total. The van der Waals surface area contributed by atoms with Crippen molar-refractivity contribution in [2.24, 2.45) is 0 Å². The van der Waals surface area contributed by atoms with Crippen LogP contribution in [0.15, 0.2) is 157 Å². The zero-order valence-corrected chi connectivity index (χ0v) is 29.1. The third kappa shape index (κ3) is 3.98. The first kappa shape index (κ1) is 29.3. The van der Waals surface area contributed by atoms with Crippen molar-refractivity contribution in [3.8, 4) is 16.8 Å². The molecule has 0 aliphatic heterocycles. The molecule has 12 aromatic rings. The summed E-state index contributed by atoms with van der Waals surface area (Å²) in [4.78, 5) is 0. The topological polar surface area (TPSA) is 57.5 Å². The molecule has 0 saturated heterocycles. The molecule has 54 heavy (non-hydrogen) atoms. The van der Waals surface area contributed by atoms with E-state index < -0.39 is 0 Å². The molecule has 5 heterocycles. The van der Waals surface area contributed by atoms with Crippen LogP contribution in [0.3, 0.4) is 0 Å². The Hall–Kier alpha value is -7.24. The van der Waals surface area contributed by atoms with Crippen LogP contribution in [0.1, 0.15) is 11.3 Å². The van der Waals surface area contributed by atoms with E-state index in [0.717, 1.165) is 116 Å². The van der Waals surface area contributed by atoms with Gasteiger partial charge in [0.2, 0.25) is 0 Å². The van der Waals surface area contributed by atoms with Crippen LogP contribution in [0.4, 0.5) is 0 Å². The largest absolute Gasteiger partial charge is 0.456 e. The first-order chi connectivity index (χ1) is 26.6. The molecule has 0 aliphatic rings. The third-order valence-electron chi connectivity index (χ3n) is 11.2. The van der Waals surface area contributed by atoms with Crippen molar-refractivity contribution in [3.63, 3.8) is 0 Å². The summed E-state index contributed by atoms with van der Waals surface area (Å²) >= 11 is 0. The number of nitrogens with zero attached hydrogens (tertiary/aromatic N) is 1. The van der Waals surface area contributed by atoms with E-state index in [1.165, 1.54) is 5.39 Å². The number of furan rings is 4. The van der Waals surface area contributed by atoms with Gasteiger partial charge in [-0.1, -0.05) is 91.5 Å². The normalized spacial score (nSPS) is 12.7. The number of para-hydroxylation sites is 3. The maximum atomic E-state index is 6.60. The summed E-state index contributed by atoms with van der Waals surface area (Å²) in [7, 11) is 0. The highest BCUT2D eigenvalue weighted by molar-refractivity contribution is 6.18. The number of aryl methyl sites for hydroxylation is 1. The van der Waals surface area contributed by atoms with Crippen molar-refractivity contribution in [2.45, 2.75) is 6.92 Å². The molecule has 7 aromatic carbocycles. The minimum atomic E-state index is 0.662. The van der Waals surface area contributed by atoms with E-state index in [-0.39, 0.29) is 0 Å². The first-order valence-corrected chi connectivity index (χ1v) is 18.1. The summed E-state index contributed by atoms with van der Waals surface area (Å²) in [5.74, 6) is 0.740. The number of benzene rings is 7. The molecular formula is C49H29NO4. The minimum absolute atomic E-state index is 0.662. The second kappa shape index (κ2) is 10.7. The lowest BCUT2D eigenvalue weighted by molar-refractivity contribution is 0.565. The molecule has 0 spiro atoms. The summed E-state index contributed by atoms with van der Waals surface area (Å²) < 4.78 is 28.0. The number of hydrogen-bond donors (Lipinski definition) is 0. The van der Waals surface area contributed by atoms with Gasteiger partial charge in [0.25, 0.3) is 0 Å². The Bertz CT molecular complexity index is 3660. The third-order valence-corrected chi connectivity index (χ3v) is 11.2. The zero-order chi connectivity index (χ0) is 35.7. The Morgan fingerprint density at radius 3 is 2.04 bits per heavy atom. The monoisotopic (exact) mass is 695 g/mol. The fourth-order valence-electron chi connectivity index (χ4n) is 8.64. The highest BCUT2D eigenvalue weighted by atomic mass is 16.3. The average Bonchev–Trinajstić information content (AvgIpc) is 4.00. The minimum Gasteiger partial charge on any atom is -0.456 e. The predicted molar refractivity (Wildman–Crippen MR) is 220 cm³/mol. The van der Waals surface area contributed by atoms with Crippen molar-refractivity contribution in [2.75, 3.05) is 0 Å². The van der Waals surface area contributed by atoms with Crippen molar-refractivity contribution >= 4 is 100 Å². The molecule has 254 valence electrons. The molecule has 12 rings (SSSR count). The van der Waals surface area contributed by atoms with Crippen molar-refractivity contribution in [1.29, 1.82) is 0 Å². The summed E-state index contributed by atoms with van der Waals surface area (Å²) in [6.07, 6.45) is 1.98. The van der Waals surface area contributed by atoms with Crippen LogP contribution in [-0.4, -0.2) is 4.57 Å². The van der Waals surface area contributed by atoms with Crippen LogP contribution in [0.5, 0.6) is 0 Å². The molecule has 0 N–H and O–H groups in total. The predicted octanol–water partition coefficient (Wildman–Crippen LogP) is 12.3. The van der Waals surface area contributed by atoms with Gasteiger partial charge in [-0.2, -0.15) is 0 Å². The Labute approximate surface area is 306 Å². The lowest BCUT2D eigenvalue weighted by Crippen LogP contribution is -2.19. The molecule has 0 aliphatic carbocycles. The van der Waals surface area contributed by atoms with Crippen LogP contribution in [0.2, 0.25) is 0 Å². The molecule has 0 amide bonds. The van der Waals surface area contributed by atoms with Crippen LogP contribution < -0.4 is 10.6 Å². The first-order valence-electron chi connectivity index (χ1n) is 18.1. The standard InChI is InChI=1S/C49H29NO4/c1-27-30-22-21-29(31-14-9-19-43-49(31)34-13-5-8-18-41(34)51-43)23-46(30)54-44(27)26-45-28(2)48-38(16-10-20-42(48)53-45)50-37-15-6-3-11-32(37)35-24-36-33-12-4-7-17-40(33)52-47(36)25-39(35)50/h3-26H,2H2,1H3/b45-26+. The van der Waals surface area contributed by atoms with E-state index in [1.54, 1.807) is 0 Å². The lowest BCUT2D eigenvalue weighted by Gasteiger charge is -2.09. The van der Waals surface area contributed by atoms with Crippen LogP contribution >= 0.6 is 0 Å². The maximum Gasteiger partial charge on any atom is 0.138 e. The van der Waals surface area contributed by atoms with Gasteiger partial charge in [0.05, 0.1) is 22.1 Å². The lowest BCUT2D eigenvalue weighted by atomic mass is 9.98. The van der Waals surface area contributed by atoms with Crippen molar-refractivity contribution in [1.82, 2.24) is 4.57 Å². The van der Waals surface area contributed by atoms with Gasteiger partial charge in [-0.25, -0.2) is 0 Å². The van der Waals surface area contributed by atoms with Crippen LogP contribution in [0, 0.1) is 6.92 Å². The SMILES string of the molecule is C=c1/c(=C\c2oc3cc(-c4cccc5oc6ccccc6c45)ccc3c2C)oc2cccc(-n3c4ccccc4c4cc5c(cc43)oc3ccccc35)c12. The smallest absolute Gasteiger partial charge is 0.138 e. The average molecular weight is 696 g/mol. The molecule has 0 bridgehead atoms. The van der Waals surface area contributed by atoms with E-state index in [9.17, 15) is 0 Å². The highest BCUT2D eigenvalue weighted by Gasteiger charge is 2.20. The fourth-order valence-corrected chi connectivity index (χ4v) is 8.64. The van der Waals surface area contributed by atoms with E-state index in [2.05, 4.69) is 109 Å². The fraction of sp³-hybridized carbons (Fsp3) is 0.0204. The van der Waals surface area contributed by atoms with Gasteiger partial charge in [0.15, 0.2) is 0 Å². The highest BCUT2D eigenvalue weighted by Crippen LogP contribution is 2.40. The molecular weight excluding hydrogens is 667 g/mol. The molecule has 5 aromatic heterocycles. The van der Waals surface area contributed by atoms with Crippen LogP contribution in [-0.2, 0) is 0 Å². The van der Waals surface area contributed by atoms with Gasteiger partial charge in [-0.05, 0) is 66.6 Å². The zero-order valence-electron chi connectivity index (χ0n) is 29.1. The van der Waals surface area contributed by atoms with E-state index in [0.29, 0.717) is 5.42 Å². The molecule has 0 radical (unpaired) electrons. The Morgan fingerprint density at radius 1 is 0.481 bits per heavy atom. The Balaban J connectivity index is 1.04. The molecule has 0 saturated carbocycles. The van der Waals surface area contributed by atoms with Gasteiger partial charge >= 0.3 is 0 Å². The number of rotatable bonds is 3. The van der Waals surface area contributed by atoms with E-state index >= 15 is 0 Å². The van der Waals surface area contributed by atoms with Crippen molar-refractivity contribution < 1.29 is 17.7 Å². The van der Waals surface area contributed by atoms with Gasteiger partial charge in [0, 0.05) is 60.6 Å². The molecule has 5 heteroatoms. The second-order valence-electron chi connectivity index (χ2n) is 14.1. The number of hydrogen-bond acceptors (Lipinski definition) is 4. The molecule has 0 unspecified atom stereocenters. The number of aromatic nitrogens is 1. The number of fused-ring (bicyclic) bond motifs is 11. The quantitative estimate of drug-likeness (QED) is 0.185. The summed E-state index contributed by atoms with van der Waals surface area (Å²) in [5, 5.41) is 9.57. The maximum absolute atomic E-state index is 6.60.